The predicted molar refractivity (Wildman–Crippen MR) is 80.9 cm³/mol. The van der Waals surface area contributed by atoms with Crippen LogP contribution < -0.4 is 10.6 Å². The fourth-order valence-electron chi connectivity index (χ4n) is 2.34. The van der Waals surface area contributed by atoms with Crippen LogP contribution in [-0.4, -0.2) is 29.5 Å². The molecule has 1 aliphatic carbocycles. The van der Waals surface area contributed by atoms with E-state index in [9.17, 15) is 4.79 Å². The molecule has 19 heavy (non-hydrogen) atoms. The molecule has 2 fully saturated rings. The molecule has 3 rings (SSSR count). The molecule has 1 aliphatic heterocycles. The van der Waals surface area contributed by atoms with Crippen LogP contribution >= 0.6 is 11.8 Å². The number of carbonyl (C=O) groups is 1. The summed E-state index contributed by atoms with van der Waals surface area (Å²) in [6.07, 6.45) is 4.77. The molecule has 1 heterocycles. The minimum atomic E-state index is 0.0594. The first-order chi connectivity index (χ1) is 9.31. The lowest BCUT2D eigenvalue weighted by molar-refractivity contribution is 0.0951. The van der Waals surface area contributed by atoms with Crippen molar-refractivity contribution in [1.82, 2.24) is 5.32 Å². The fourth-order valence-corrected chi connectivity index (χ4v) is 3.41. The van der Waals surface area contributed by atoms with Crippen LogP contribution in [0.2, 0.25) is 0 Å². The number of amides is 1. The van der Waals surface area contributed by atoms with Crippen LogP contribution in [0.1, 0.15) is 36.0 Å². The maximum absolute atomic E-state index is 12.0. The summed E-state index contributed by atoms with van der Waals surface area (Å²) in [6.45, 7) is 0. The second kappa shape index (κ2) is 5.87. The topological polar surface area (TPSA) is 41.1 Å². The van der Waals surface area contributed by atoms with Gasteiger partial charge in [-0.2, -0.15) is 11.8 Å². The lowest BCUT2D eigenvalue weighted by Crippen LogP contribution is -2.27. The SMILES string of the molecule is O=C(NC1CC1)c1cccc(NC2CCCSC2)c1. The molecule has 1 aromatic rings. The largest absolute Gasteiger partial charge is 0.381 e. The highest BCUT2D eigenvalue weighted by atomic mass is 32.2. The third-order valence-electron chi connectivity index (χ3n) is 3.57. The summed E-state index contributed by atoms with van der Waals surface area (Å²) >= 11 is 2.01. The van der Waals surface area contributed by atoms with E-state index >= 15 is 0 Å². The van der Waals surface area contributed by atoms with Gasteiger partial charge in [-0.05, 0) is 49.6 Å². The highest BCUT2D eigenvalue weighted by Crippen LogP contribution is 2.22. The summed E-state index contributed by atoms with van der Waals surface area (Å²) in [5.41, 5.74) is 1.83. The van der Waals surface area contributed by atoms with E-state index in [2.05, 4.69) is 10.6 Å². The van der Waals surface area contributed by atoms with Crippen molar-refractivity contribution in [3.8, 4) is 0 Å². The van der Waals surface area contributed by atoms with Crippen molar-refractivity contribution in [1.29, 1.82) is 0 Å². The van der Waals surface area contributed by atoms with E-state index in [1.807, 2.05) is 36.0 Å². The van der Waals surface area contributed by atoms with Gasteiger partial charge in [0.05, 0.1) is 0 Å². The monoisotopic (exact) mass is 276 g/mol. The molecule has 0 bridgehead atoms. The van der Waals surface area contributed by atoms with E-state index in [0.29, 0.717) is 12.1 Å². The summed E-state index contributed by atoms with van der Waals surface area (Å²) in [4.78, 5) is 12.0. The highest BCUT2D eigenvalue weighted by Gasteiger charge is 2.23. The second-order valence-electron chi connectivity index (χ2n) is 5.39. The van der Waals surface area contributed by atoms with Crippen LogP contribution in [0.15, 0.2) is 24.3 Å². The first kappa shape index (κ1) is 12.9. The van der Waals surface area contributed by atoms with Gasteiger partial charge in [-0.15, -0.1) is 0 Å². The minimum Gasteiger partial charge on any atom is -0.381 e. The number of anilines is 1. The molecule has 1 saturated carbocycles. The summed E-state index contributed by atoms with van der Waals surface area (Å²) in [5.74, 6) is 2.50. The average molecular weight is 276 g/mol. The molecule has 1 amide bonds. The summed E-state index contributed by atoms with van der Waals surface area (Å²) in [5, 5.41) is 6.57. The summed E-state index contributed by atoms with van der Waals surface area (Å²) < 4.78 is 0. The molecular weight excluding hydrogens is 256 g/mol. The van der Waals surface area contributed by atoms with Gasteiger partial charge in [0.25, 0.3) is 5.91 Å². The Morgan fingerprint density at radius 2 is 2.11 bits per heavy atom. The quantitative estimate of drug-likeness (QED) is 0.888. The van der Waals surface area contributed by atoms with Crippen molar-refractivity contribution < 1.29 is 4.79 Å². The number of hydrogen-bond acceptors (Lipinski definition) is 3. The van der Waals surface area contributed by atoms with Crippen molar-refractivity contribution in [2.24, 2.45) is 0 Å². The van der Waals surface area contributed by atoms with E-state index in [0.717, 1.165) is 24.1 Å². The van der Waals surface area contributed by atoms with Gasteiger partial charge in [-0.25, -0.2) is 0 Å². The normalized spacial score (nSPS) is 22.8. The Hall–Kier alpha value is -1.16. The van der Waals surface area contributed by atoms with Crippen LogP contribution in [0.4, 0.5) is 5.69 Å². The zero-order chi connectivity index (χ0) is 13.1. The number of thioether (sulfide) groups is 1. The van der Waals surface area contributed by atoms with Gasteiger partial charge in [0.15, 0.2) is 0 Å². The van der Waals surface area contributed by atoms with E-state index in [-0.39, 0.29) is 5.91 Å². The van der Waals surface area contributed by atoms with Gasteiger partial charge in [0.2, 0.25) is 0 Å². The van der Waals surface area contributed by atoms with Gasteiger partial charge in [0, 0.05) is 29.1 Å². The van der Waals surface area contributed by atoms with E-state index in [1.54, 1.807) is 0 Å². The van der Waals surface area contributed by atoms with Gasteiger partial charge in [0.1, 0.15) is 0 Å². The lowest BCUT2D eigenvalue weighted by Gasteiger charge is -2.23. The molecule has 102 valence electrons. The zero-order valence-electron chi connectivity index (χ0n) is 11.0. The zero-order valence-corrected chi connectivity index (χ0v) is 11.8. The third-order valence-corrected chi connectivity index (χ3v) is 4.78. The van der Waals surface area contributed by atoms with E-state index < -0.39 is 0 Å². The molecule has 0 radical (unpaired) electrons. The van der Waals surface area contributed by atoms with Crippen molar-refractivity contribution >= 4 is 23.4 Å². The summed E-state index contributed by atoms with van der Waals surface area (Å²) in [6, 6.07) is 8.82. The van der Waals surface area contributed by atoms with Gasteiger partial charge in [-0.3, -0.25) is 4.79 Å². The first-order valence-corrected chi connectivity index (χ1v) is 8.22. The highest BCUT2D eigenvalue weighted by molar-refractivity contribution is 7.99. The Labute approximate surface area is 118 Å². The molecule has 0 spiro atoms. The fraction of sp³-hybridized carbons (Fsp3) is 0.533. The average Bonchev–Trinajstić information content (AvgIpc) is 3.24. The van der Waals surface area contributed by atoms with Crippen molar-refractivity contribution in [2.75, 3.05) is 16.8 Å². The molecule has 2 aliphatic rings. The summed E-state index contributed by atoms with van der Waals surface area (Å²) in [7, 11) is 0. The van der Waals surface area contributed by atoms with Crippen LogP contribution in [0, 0.1) is 0 Å². The molecule has 1 aromatic carbocycles. The molecular formula is C15H20N2OS. The lowest BCUT2D eigenvalue weighted by atomic mass is 10.1. The standard InChI is InChI=1S/C15H20N2OS/c18-15(17-12-6-7-12)11-3-1-4-13(9-11)16-14-5-2-8-19-10-14/h1,3-4,9,12,14,16H,2,5-8,10H2,(H,17,18). The Morgan fingerprint density at radius 1 is 1.21 bits per heavy atom. The van der Waals surface area contributed by atoms with Crippen LogP contribution in [0.3, 0.4) is 0 Å². The number of carbonyl (C=O) groups excluding carboxylic acids is 1. The maximum atomic E-state index is 12.0. The van der Waals surface area contributed by atoms with E-state index in [4.69, 9.17) is 0 Å². The van der Waals surface area contributed by atoms with Gasteiger partial charge >= 0.3 is 0 Å². The van der Waals surface area contributed by atoms with Crippen molar-refractivity contribution in [3.63, 3.8) is 0 Å². The van der Waals surface area contributed by atoms with Crippen LogP contribution in [0.5, 0.6) is 0 Å². The number of hydrogen-bond donors (Lipinski definition) is 2. The van der Waals surface area contributed by atoms with Crippen LogP contribution in [0.25, 0.3) is 0 Å². The smallest absolute Gasteiger partial charge is 0.251 e. The Bertz CT molecular complexity index is 453. The van der Waals surface area contributed by atoms with Gasteiger partial charge < -0.3 is 10.6 Å². The second-order valence-corrected chi connectivity index (χ2v) is 6.54. The number of benzene rings is 1. The Morgan fingerprint density at radius 3 is 2.84 bits per heavy atom. The number of rotatable bonds is 4. The Balaban J connectivity index is 1.62. The predicted octanol–water partition coefficient (Wildman–Crippen LogP) is 2.89. The molecule has 3 nitrogen and oxygen atoms in total. The molecule has 1 atom stereocenters. The first-order valence-electron chi connectivity index (χ1n) is 7.06. The van der Waals surface area contributed by atoms with Crippen molar-refractivity contribution in [2.45, 2.75) is 37.8 Å². The molecule has 4 heteroatoms. The molecule has 2 N–H and O–H groups in total. The Kier molecular flexibility index (Phi) is 3.97. The van der Waals surface area contributed by atoms with Crippen LogP contribution in [-0.2, 0) is 0 Å². The molecule has 1 unspecified atom stereocenters. The maximum Gasteiger partial charge on any atom is 0.251 e. The van der Waals surface area contributed by atoms with Gasteiger partial charge in [-0.1, -0.05) is 6.07 Å². The third kappa shape index (κ3) is 3.66. The van der Waals surface area contributed by atoms with E-state index in [1.165, 1.54) is 24.3 Å². The molecule has 1 saturated heterocycles. The van der Waals surface area contributed by atoms with Crippen molar-refractivity contribution in [3.05, 3.63) is 29.8 Å². The number of nitrogens with one attached hydrogen (secondary N) is 2. The molecule has 0 aromatic heterocycles. The minimum absolute atomic E-state index is 0.0594.